The molecule has 142 valence electrons. The Bertz CT molecular complexity index is 648. The molecule has 2 N–H and O–H groups in total. The van der Waals surface area contributed by atoms with E-state index in [4.69, 9.17) is 9.47 Å². The van der Waals surface area contributed by atoms with Gasteiger partial charge in [0.15, 0.2) is 6.23 Å². The Morgan fingerprint density at radius 3 is 2.42 bits per heavy atom. The van der Waals surface area contributed by atoms with Gasteiger partial charge in [0.25, 0.3) is 0 Å². The summed E-state index contributed by atoms with van der Waals surface area (Å²) in [5.74, 6) is -0.332. The molecule has 4 unspecified atom stereocenters. The van der Waals surface area contributed by atoms with Gasteiger partial charge in [0, 0.05) is 18.5 Å². The van der Waals surface area contributed by atoms with Crippen LogP contribution in [0, 0.1) is 0 Å². The first-order valence-electron chi connectivity index (χ1n) is 9.58. The van der Waals surface area contributed by atoms with Crippen molar-refractivity contribution in [2.45, 2.75) is 70.3 Å². The van der Waals surface area contributed by atoms with Crippen LogP contribution in [-0.4, -0.2) is 30.8 Å². The van der Waals surface area contributed by atoms with Crippen LogP contribution >= 0.6 is 0 Å². The summed E-state index contributed by atoms with van der Waals surface area (Å²) in [6, 6.07) is 8.57. The molecule has 2 heterocycles. The highest BCUT2D eigenvalue weighted by molar-refractivity contribution is 5.76. The zero-order chi connectivity index (χ0) is 18.5. The van der Waals surface area contributed by atoms with Crippen LogP contribution in [0.4, 0.5) is 0 Å². The molecular weight excluding hydrogens is 332 g/mol. The largest absolute Gasteiger partial charge is 0.465 e. The summed E-state index contributed by atoms with van der Waals surface area (Å²) < 4.78 is 10.5. The van der Waals surface area contributed by atoms with Gasteiger partial charge in [-0.2, -0.15) is 0 Å². The topological polar surface area (TPSA) is 76.7 Å². The summed E-state index contributed by atoms with van der Waals surface area (Å²) in [4.78, 5) is 23.4. The average molecular weight is 360 g/mol. The third-order valence-corrected chi connectivity index (χ3v) is 5.10. The van der Waals surface area contributed by atoms with Gasteiger partial charge in [0.1, 0.15) is 6.04 Å². The molecule has 6 nitrogen and oxygen atoms in total. The van der Waals surface area contributed by atoms with Crippen LogP contribution in [0.3, 0.4) is 0 Å². The number of hydrogen-bond donors (Lipinski definition) is 2. The lowest BCUT2D eigenvalue weighted by molar-refractivity contribution is -0.149. The fraction of sp³-hybridized carbons (Fsp3) is 0.600. The number of benzene rings is 1. The third-order valence-electron chi connectivity index (χ3n) is 5.10. The first kappa shape index (κ1) is 18.9. The van der Waals surface area contributed by atoms with Gasteiger partial charge >= 0.3 is 11.9 Å². The maximum atomic E-state index is 11.9. The third kappa shape index (κ3) is 4.43. The number of hydrogen-bond acceptors (Lipinski definition) is 6. The Labute approximate surface area is 154 Å². The predicted molar refractivity (Wildman–Crippen MR) is 97.3 cm³/mol. The minimum atomic E-state index is -0.217. The molecule has 26 heavy (non-hydrogen) atoms. The van der Waals surface area contributed by atoms with E-state index in [-0.39, 0.29) is 36.3 Å². The molecule has 0 saturated carbocycles. The quantitative estimate of drug-likeness (QED) is 0.760. The van der Waals surface area contributed by atoms with Crippen LogP contribution in [0.25, 0.3) is 0 Å². The minimum absolute atomic E-state index is 0.163. The molecule has 4 atom stereocenters. The monoisotopic (exact) mass is 360 g/mol. The van der Waals surface area contributed by atoms with Crippen molar-refractivity contribution in [3.05, 3.63) is 35.4 Å². The molecule has 2 saturated heterocycles. The van der Waals surface area contributed by atoms with Gasteiger partial charge in [-0.25, -0.2) is 0 Å². The molecule has 6 heteroatoms. The van der Waals surface area contributed by atoms with E-state index in [1.54, 1.807) is 6.92 Å². The molecule has 1 aromatic rings. The Hall–Kier alpha value is -1.92. The number of esters is 2. The van der Waals surface area contributed by atoms with Crippen molar-refractivity contribution in [3.8, 4) is 0 Å². The van der Waals surface area contributed by atoms with Crippen molar-refractivity contribution < 1.29 is 19.1 Å². The Balaban J connectivity index is 1.61. The first-order valence-corrected chi connectivity index (χ1v) is 9.58. The Kier molecular flexibility index (Phi) is 6.27. The molecule has 0 radical (unpaired) electrons. The van der Waals surface area contributed by atoms with E-state index >= 15 is 0 Å². The molecule has 2 fully saturated rings. The van der Waals surface area contributed by atoms with Crippen LogP contribution in [0.5, 0.6) is 0 Å². The van der Waals surface area contributed by atoms with Crippen LogP contribution in [-0.2, 0) is 19.1 Å². The highest BCUT2D eigenvalue weighted by Crippen LogP contribution is 2.32. The summed E-state index contributed by atoms with van der Waals surface area (Å²) in [6.45, 7) is 4.04. The summed E-state index contributed by atoms with van der Waals surface area (Å²) in [6.07, 6.45) is 3.68. The molecule has 0 amide bonds. The molecule has 2 aliphatic heterocycles. The fourth-order valence-corrected chi connectivity index (χ4v) is 3.73. The molecule has 0 spiro atoms. The molecule has 2 aliphatic rings. The lowest BCUT2D eigenvalue weighted by Gasteiger charge is -2.18. The van der Waals surface area contributed by atoms with E-state index in [0.717, 1.165) is 25.7 Å². The Morgan fingerprint density at radius 2 is 1.73 bits per heavy atom. The van der Waals surface area contributed by atoms with E-state index in [1.165, 1.54) is 11.1 Å². The van der Waals surface area contributed by atoms with Gasteiger partial charge < -0.3 is 9.47 Å². The SMILES string of the molecule is CCOC(=O)C1CCC(c2cccc(C3CCC(OC(=O)CC)N3)c2)N1. The highest BCUT2D eigenvalue weighted by Gasteiger charge is 2.32. The van der Waals surface area contributed by atoms with Gasteiger partial charge in [0.05, 0.1) is 6.61 Å². The lowest BCUT2D eigenvalue weighted by atomic mass is 9.98. The highest BCUT2D eigenvalue weighted by atomic mass is 16.6. The second-order valence-electron chi connectivity index (χ2n) is 6.90. The summed E-state index contributed by atoms with van der Waals surface area (Å²) in [5.41, 5.74) is 2.38. The summed E-state index contributed by atoms with van der Waals surface area (Å²) in [5, 5.41) is 6.78. The number of carbonyl (C=O) groups is 2. The standard InChI is InChI=1S/C20H28N2O4/c1-3-19(23)26-18-11-10-16(22-18)14-7-5-6-13(12-14)15-8-9-17(21-15)20(24)25-4-2/h5-7,12,15-18,21-22H,3-4,8-11H2,1-2H3. The van der Waals surface area contributed by atoms with Crippen molar-refractivity contribution in [1.29, 1.82) is 0 Å². The zero-order valence-electron chi connectivity index (χ0n) is 15.5. The van der Waals surface area contributed by atoms with E-state index in [1.807, 2.05) is 6.92 Å². The zero-order valence-corrected chi connectivity index (χ0v) is 15.5. The second-order valence-corrected chi connectivity index (χ2v) is 6.90. The molecule has 3 rings (SSSR count). The maximum absolute atomic E-state index is 11.9. The van der Waals surface area contributed by atoms with E-state index in [2.05, 4.69) is 34.9 Å². The summed E-state index contributed by atoms with van der Waals surface area (Å²) >= 11 is 0. The fourth-order valence-electron chi connectivity index (χ4n) is 3.73. The van der Waals surface area contributed by atoms with Gasteiger partial charge in [0.2, 0.25) is 0 Å². The van der Waals surface area contributed by atoms with E-state index < -0.39 is 0 Å². The van der Waals surface area contributed by atoms with Gasteiger partial charge in [-0.15, -0.1) is 0 Å². The first-order chi connectivity index (χ1) is 12.6. The number of carbonyl (C=O) groups excluding carboxylic acids is 2. The molecule has 1 aromatic carbocycles. The van der Waals surface area contributed by atoms with Crippen LogP contribution < -0.4 is 10.6 Å². The Morgan fingerprint density at radius 1 is 1.04 bits per heavy atom. The molecule has 0 bridgehead atoms. The molecule has 0 aliphatic carbocycles. The van der Waals surface area contributed by atoms with Crippen molar-refractivity contribution in [2.75, 3.05) is 6.61 Å². The number of nitrogens with one attached hydrogen (secondary N) is 2. The van der Waals surface area contributed by atoms with E-state index in [0.29, 0.717) is 13.0 Å². The van der Waals surface area contributed by atoms with Crippen molar-refractivity contribution in [2.24, 2.45) is 0 Å². The van der Waals surface area contributed by atoms with E-state index in [9.17, 15) is 9.59 Å². The molecular formula is C20H28N2O4. The van der Waals surface area contributed by atoms with Crippen LogP contribution in [0.15, 0.2) is 24.3 Å². The van der Waals surface area contributed by atoms with Crippen LogP contribution in [0.2, 0.25) is 0 Å². The van der Waals surface area contributed by atoms with Gasteiger partial charge in [-0.1, -0.05) is 31.2 Å². The molecule has 0 aromatic heterocycles. The minimum Gasteiger partial charge on any atom is -0.465 e. The van der Waals surface area contributed by atoms with Gasteiger partial charge in [-0.05, 0) is 43.7 Å². The number of rotatable bonds is 6. The van der Waals surface area contributed by atoms with Gasteiger partial charge in [-0.3, -0.25) is 20.2 Å². The van der Waals surface area contributed by atoms with Crippen LogP contribution in [0.1, 0.15) is 69.2 Å². The van der Waals surface area contributed by atoms with Crippen molar-refractivity contribution in [1.82, 2.24) is 10.6 Å². The average Bonchev–Trinajstić information content (AvgIpc) is 3.32. The number of ether oxygens (including phenoxy) is 2. The normalized spacial score (nSPS) is 28.1. The smallest absolute Gasteiger partial charge is 0.323 e. The maximum Gasteiger partial charge on any atom is 0.323 e. The van der Waals surface area contributed by atoms with Crippen molar-refractivity contribution in [3.63, 3.8) is 0 Å². The predicted octanol–water partition coefficient (Wildman–Crippen LogP) is 2.75. The lowest BCUT2D eigenvalue weighted by Crippen LogP contribution is -2.33. The summed E-state index contributed by atoms with van der Waals surface area (Å²) in [7, 11) is 0. The second kappa shape index (κ2) is 8.64. The van der Waals surface area contributed by atoms with Crippen molar-refractivity contribution >= 4 is 11.9 Å².